The van der Waals surface area contributed by atoms with Gasteiger partial charge < -0.3 is 9.64 Å². The zero-order valence-electron chi connectivity index (χ0n) is 13.2. The molecule has 2 rings (SSSR count). The minimum atomic E-state index is 0.111. The minimum absolute atomic E-state index is 0.111. The van der Waals surface area contributed by atoms with E-state index in [2.05, 4.69) is 11.1 Å². The highest BCUT2D eigenvalue weighted by molar-refractivity contribution is 5.78. The number of carbonyl (C=O) groups is 1. The predicted octanol–water partition coefficient (Wildman–Crippen LogP) is 2.61. The van der Waals surface area contributed by atoms with Gasteiger partial charge in [0.2, 0.25) is 5.91 Å². The molecule has 4 nitrogen and oxygen atoms in total. The van der Waals surface area contributed by atoms with Crippen molar-refractivity contribution in [3.8, 4) is 0 Å². The molecule has 0 atom stereocenters. The molecule has 1 heterocycles. The van der Waals surface area contributed by atoms with E-state index >= 15 is 0 Å². The average molecular weight is 298 g/mol. The third-order valence-corrected chi connectivity index (χ3v) is 3.48. The summed E-state index contributed by atoms with van der Waals surface area (Å²) in [6.07, 6.45) is 3.90. The van der Waals surface area contributed by atoms with Crippen LogP contribution in [0.5, 0.6) is 0 Å². The van der Waals surface area contributed by atoms with Crippen molar-refractivity contribution in [3.63, 3.8) is 0 Å². The van der Waals surface area contributed by atoms with Gasteiger partial charge in [-0.15, -0.1) is 0 Å². The van der Waals surface area contributed by atoms with Crippen molar-refractivity contribution in [2.75, 3.05) is 20.3 Å². The third-order valence-electron chi connectivity index (χ3n) is 3.48. The van der Waals surface area contributed by atoms with Crippen LogP contribution in [0.1, 0.15) is 16.7 Å². The fraction of sp³-hybridized carbons (Fsp3) is 0.333. The maximum absolute atomic E-state index is 12.6. The van der Waals surface area contributed by atoms with Crippen molar-refractivity contribution in [3.05, 3.63) is 65.5 Å². The Hall–Kier alpha value is -2.20. The molecule has 0 N–H and O–H groups in total. The molecular weight excluding hydrogens is 276 g/mol. The molecule has 2 aromatic rings. The van der Waals surface area contributed by atoms with Gasteiger partial charge in [-0.2, -0.15) is 0 Å². The molecule has 0 unspecified atom stereocenters. The molecule has 22 heavy (non-hydrogen) atoms. The number of rotatable bonds is 7. The first-order valence-corrected chi connectivity index (χ1v) is 7.40. The van der Waals surface area contributed by atoms with Crippen LogP contribution in [0.2, 0.25) is 0 Å². The Labute approximate surface area is 131 Å². The van der Waals surface area contributed by atoms with Gasteiger partial charge in [0.05, 0.1) is 13.0 Å². The van der Waals surface area contributed by atoms with Crippen molar-refractivity contribution in [2.24, 2.45) is 0 Å². The Balaban J connectivity index is 2.05. The molecule has 0 saturated carbocycles. The van der Waals surface area contributed by atoms with E-state index in [0.717, 1.165) is 11.1 Å². The molecule has 0 aliphatic heterocycles. The van der Waals surface area contributed by atoms with E-state index in [4.69, 9.17) is 4.74 Å². The molecule has 116 valence electrons. The predicted molar refractivity (Wildman–Crippen MR) is 86.4 cm³/mol. The van der Waals surface area contributed by atoms with E-state index in [1.54, 1.807) is 19.5 Å². The topological polar surface area (TPSA) is 42.4 Å². The van der Waals surface area contributed by atoms with Crippen LogP contribution < -0.4 is 0 Å². The average Bonchev–Trinajstić information content (AvgIpc) is 2.52. The fourth-order valence-electron chi connectivity index (χ4n) is 2.31. The van der Waals surface area contributed by atoms with Crippen LogP contribution >= 0.6 is 0 Å². The van der Waals surface area contributed by atoms with Crippen LogP contribution in [0.4, 0.5) is 0 Å². The molecule has 0 aliphatic rings. The smallest absolute Gasteiger partial charge is 0.227 e. The van der Waals surface area contributed by atoms with Crippen LogP contribution in [-0.4, -0.2) is 36.1 Å². The summed E-state index contributed by atoms with van der Waals surface area (Å²) in [4.78, 5) is 18.4. The second kappa shape index (κ2) is 8.29. The number of aromatic nitrogens is 1. The first-order chi connectivity index (χ1) is 10.7. The molecule has 0 bridgehead atoms. The summed E-state index contributed by atoms with van der Waals surface area (Å²) in [5.41, 5.74) is 3.29. The van der Waals surface area contributed by atoms with Crippen LogP contribution in [0.3, 0.4) is 0 Å². The Morgan fingerprint density at radius 3 is 2.64 bits per heavy atom. The molecule has 1 amide bonds. The number of methoxy groups -OCH3 is 1. The van der Waals surface area contributed by atoms with Crippen molar-refractivity contribution >= 4 is 5.91 Å². The van der Waals surface area contributed by atoms with Gasteiger partial charge in [-0.25, -0.2) is 0 Å². The molecule has 1 aromatic carbocycles. The molecule has 1 aromatic heterocycles. The maximum atomic E-state index is 12.6. The summed E-state index contributed by atoms with van der Waals surface area (Å²) in [7, 11) is 1.65. The summed E-state index contributed by atoms with van der Waals surface area (Å²) in [6, 6.07) is 11.9. The van der Waals surface area contributed by atoms with Gasteiger partial charge in [-0.1, -0.05) is 29.8 Å². The molecule has 0 fully saturated rings. The highest BCUT2D eigenvalue weighted by Gasteiger charge is 2.14. The van der Waals surface area contributed by atoms with E-state index in [0.29, 0.717) is 26.1 Å². The van der Waals surface area contributed by atoms with E-state index < -0.39 is 0 Å². The first kappa shape index (κ1) is 16.2. The molecular formula is C18H22N2O2. The third kappa shape index (κ3) is 4.97. The SMILES string of the molecule is COCCN(Cc1ccncc1)C(=O)Cc1cccc(C)c1. The van der Waals surface area contributed by atoms with E-state index in [1.807, 2.05) is 42.2 Å². The van der Waals surface area contributed by atoms with Crippen LogP contribution in [-0.2, 0) is 22.5 Å². The van der Waals surface area contributed by atoms with Gasteiger partial charge in [-0.3, -0.25) is 9.78 Å². The number of ether oxygens (including phenoxy) is 1. The molecule has 0 radical (unpaired) electrons. The number of pyridine rings is 1. The Morgan fingerprint density at radius 1 is 1.18 bits per heavy atom. The van der Waals surface area contributed by atoms with Gasteiger partial charge in [0.15, 0.2) is 0 Å². The summed E-state index contributed by atoms with van der Waals surface area (Å²) in [5.74, 6) is 0.111. The van der Waals surface area contributed by atoms with Gasteiger partial charge >= 0.3 is 0 Å². The number of nitrogens with zero attached hydrogens (tertiary/aromatic N) is 2. The van der Waals surface area contributed by atoms with Gasteiger partial charge in [0, 0.05) is 32.6 Å². The summed E-state index contributed by atoms with van der Waals surface area (Å²) >= 11 is 0. The van der Waals surface area contributed by atoms with Crippen molar-refractivity contribution < 1.29 is 9.53 Å². The summed E-state index contributed by atoms with van der Waals surface area (Å²) in [5, 5.41) is 0. The van der Waals surface area contributed by atoms with Gasteiger partial charge in [0.1, 0.15) is 0 Å². The Bertz CT molecular complexity index is 599. The lowest BCUT2D eigenvalue weighted by Crippen LogP contribution is -2.34. The summed E-state index contributed by atoms with van der Waals surface area (Å²) < 4.78 is 5.12. The second-order valence-corrected chi connectivity index (χ2v) is 5.33. The lowest BCUT2D eigenvalue weighted by atomic mass is 10.1. The second-order valence-electron chi connectivity index (χ2n) is 5.33. The number of amides is 1. The number of hydrogen-bond acceptors (Lipinski definition) is 3. The monoisotopic (exact) mass is 298 g/mol. The Kier molecular flexibility index (Phi) is 6.10. The molecule has 0 aliphatic carbocycles. The Morgan fingerprint density at radius 2 is 1.95 bits per heavy atom. The first-order valence-electron chi connectivity index (χ1n) is 7.40. The summed E-state index contributed by atoms with van der Waals surface area (Å²) in [6.45, 7) is 3.73. The lowest BCUT2D eigenvalue weighted by Gasteiger charge is -2.22. The maximum Gasteiger partial charge on any atom is 0.227 e. The van der Waals surface area contributed by atoms with Crippen LogP contribution in [0, 0.1) is 6.92 Å². The van der Waals surface area contributed by atoms with Gasteiger partial charge in [0.25, 0.3) is 0 Å². The lowest BCUT2D eigenvalue weighted by molar-refractivity contribution is -0.131. The zero-order chi connectivity index (χ0) is 15.8. The standard InChI is InChI=1S/C18H22N2O2/c1-15-4-3-5-17(12-15)13-18(21)20(10-11-22-2)14-16-6-8-19-9-7-16/h3-9,12H,10-11,13-14H2,1-2H3. The largest absolute Gasteiger partial charge is 0.383 e. The van der Waals surface area contributed by atoms with Crippen molar-refractivity contribution in [1.29, 1.82) is 0 Å². The van der Waals surface area contributed by atoms with Crippen LogP contribution in [0.25, 0.3) is 0 Å². The van der Waals surface area contributed by atoms with Gasteiger partial charge in [-0.05, 0) is 30.2 Å². The van der Waals surface area contributed by atoms with Crippen molar-refractivity contribution in [1.82, 2.24) is 9.88 Å². The zero-order valence-corrected chi connectivity index (χ0v) is 13.2. The molecule has 4 heteroatoms. The normalized spacial score (nSPS) is 10.5. The number of carbonyl (C=O) groups excluding carboxylic acids is 1. The number of benzene rings is 1. The van der Waals surface area contributed by atoms with E-state index in [1.165, 1.54) is 5.56 Å². The van der Waals surface area contributed by atoms with E-state index in [9.17, 15) is 4.79 Å². The highest BCUT2D eigenvalue weighted by atomic mass is 16.5. The molecule has 0 spiro atoms. The molecule has 0 saturated heterocycles. The van der Waals surface area contributed by atoms with E-state index in [-0.39, 0.29) is 5.91 Å². The minimum Gasteiger partial charge on any atom is -0.383 e. The number of hydrogen-bond donors (Lipinski definition) is 0. The van der Waals surface area contributed by atoms with Crippen molar-refractivity contribution in [2.45, 2.75) is 19.9 Å². The highest BCUT2D eigenvalue weighted by Crippen LogP contribution is 2.09. The number of aryl methyl sites for hydroxylation is 1. The quantitative estimate of drug-likeness (QED) is 0.789. The fourth-order valence-corrected chi connectivity index (χ4v) is 2.31. The van der Waals surface area contributed by atoms with Crippen LogP contribution in [0.15, 0.2) is 48.8 Å².